The van der Waals surface area contributed by atoms with Crippen LogP contribution in [0.2, 0.25) is 0 Å². The van der Waals surface area contributed by atoms with Gasteiger partial charge >= 0.3 is 0 Å². The molecule has 1 aliphatic heterocycles. The van der Waals surface area contributed by atoms with E-state index >= 15 is 0 Å². The van der Waals surface area contributed by atoms with Crippen LogP contribution in [0, 0.1) is 5.92 Å². The lowest BCUT2D eigenvalue weighted by Gasteiger charge is -2.32. The Morgan fingerprint density at radius 2 is 1.90 bits per heavy atom. The van der Waals surface area contributed by atoms with Gasteiger partial charge in [0.25, 0.3) is 5.91 Å². The Bertz CT molecular complexity index is 822. The first-order chi connectivity index (χ1) is 14.1. The number of aromatic nitrogens is 2. The fraction of sp³-hybridized carbons (Fsp3) is 0.500. The Kier molecular flexibility index (Phi) is 5.83. The number of carbonyl (C=O) groups is 2. The second kappa shape index (κ2) is 8.68. The zero-order valence-electron chi connectivity index (χ0n) is 16.8. The smallest absolute Gasteiger partial charge is 0.251 e. The standard InChI is InChI=1S/C22H28N4O3/c1-16(15-26-12-2-11-23-26)24-21(27)17-5-7-19(8-6-17)29-20-9-13-25(14-10-20)22(28)18-3-4-18/h2,5-8,11-12,16,18,20H,3-4,9-10,13-15H2,1H3,(H,24,27)/t16-/m0/s1. The van der Waals surface area contributed by atoms with Crippen molar-refractivity contribution in [2.24, 2.45) is 5.92 Å². The van der Waals surface area contributed by atoms with Crippen LogP contribution in [-0.4, -0.2) is 51.7 Å². The number of carbonyl (C=O) groups excluding carboxylic acids is 2. The molecule has 1 saturated heterocycles. The minimum absolute atomic E-state index is 0.0261. The van der Waals surface area contributed by atoms with E-state index in [0.29, 0.717) is 18.0 Å². The number of hydrogen-bond donors (Lipinski definition) is 1. The van der Waals surface area contributed by atoms with Gasteiger partial charge < -0.3 is 15.0 Å². The second-order valence-corrected chi connectivity index (χ2v) is 8.04. The maximum absolute atomic E-state index is 12.4. The van der Waals surface area contributed by atoms with Gasteiger partial charge in [-0.05, 0) is 50.1 Å². The minimum Gasteiger partial charge on any atom is -0.490 e. The molecule has 2 aliphatic rings. The van der Waals surface area contributed by atoms with Gasteiger partial charge in [0.1, 0.15) is 11.9 Å². The monoisotopic (exact) mass is 396 g/mol. The Labute approximate surface area is 171 Å². The first-order valence-electron chi connectivity index (χ1n) is 10.4. The molecule has 0 radical (unpaired) electrons. The minimum atomic E-state index is -0.108. The highest BCUT2D eigenvalue weighted by molar-refractivity contribution is 5.94. The van der Waals surface area contributed by atoms with Crippen LogP contribution in [0.25, 0.3) is 0 Å². The topological polar surface area (TPSA) is 76.5 Å². The SMILES string of the molecule is C[C@@H](Cn1cccn1)NC(=O)c1ccc(OC2CCN(C(=O)C3CC3)CC2)cc1. The summed E-state index contributed by atoms with van der Waals surface area (Å²) < 4.78 is 7.86. The van der Waals surface area contributed by atoms with E-state index in [1.165, 1.54) is 0 Å². The van der Waals surface area contributed by atoms with Crippen LogP contribution in [0.5, 0.6) is 5.75 Å². The predicted molar refractivity (Wildman–Crippen MR) is 109 cm³/mol. The van der Waals surface area contributed by atoms with Crippen molar-refractivity contribution in [3.05, 3.63) is 48.3 Å². The second-order valence-electron chi connectivity index (χ2n) is 8.04. The summed E-state index contributed by atoms with van der Waals surface area (Å²) in [5.41, 5.74) is 0.606. The van der Waals surface area contributed by atoms with Crippen LogP contribution in [0.1, 0.15) is 43.0 Å². The molecular formula is C22H28N4O3. The number of amides is 2. The summed E-state index contributed by atoms with van der Waals surface area (Å²) in [4.78, 5) is 26.5. The fourth-order valence-corrected chi connectivity index (χ4v) is 3.70. The largest absolute Gasteiger partial charge is 0.490 e. The third-order valence-corrected chi connectivity index (χ3v) is 5.50. The number of rotatable bonds is 7. The van der Waals surface area contributed by atoms with Crippen molar-refractivity contribution >= 4 is 11.8 Å². The zero-order valence-corrected chi connectivity index (χ0v) is 16.8. The van der Waals surface area contributed by atoms with Gasteiger partial charge in [0, 0.05) is 55.8 Å². The lowest BCUT2D eigenvalue weighted by atomic mass is 10.1. The van der Waals surface area contributed by atoms with Gasteiger partial charge in [-0.15, -0.1) is 0 Å². The highest BCUT2D eigenvalue weighted by atomic mass is 16.5. The molecule has 4 rings (SSSR count). The maximum atomic E-state index is 12.4. The third kappa shape index (κ3) is 5.16. The Morgan fingerprint density at radius 3 is 2.52 bits per heavy atom. The molecule has 7 nitrogen and oxygen atoms in total. The normalized spacial score (nSPS) is 18.3. The summed E-state index contributed by atoms with van der Waals surface area (Å²) in [6, 6.07) is 9.10. The van der Waals surface area contributed by atoms with Gasteiger partial charge in [0.2, 0.25) is 5.91 Å². The summed E-state index contributed by atoms with van der Waals surface area (Å²) in [6.07, 6.45) is 7.53. The van der Waals surface area contributed by atoms with E-state index in [-0.39, 0.29) is 24.0 Å². The van der Waals surface area contributed by atoms with Gasteiger partial charge in [0.05, 0.1) is 6.54 Å². The molecule has 1 aromatic carbocycles. The average Bonchev–Trinajstić information content (AvgIpc) is 3.46. The van der Waals surface area contributed by atoms with Crippen LogP contribution in [0.3, 0.4) is 0 Å². The number of hydrogen-bond acceptors (Lipinski definition) is 4. The van der Waals surface area contributed by atoms with Crippen molar-refractivity contribution < 1.29 is 14.3 Å². The quantitative estimate of drug-likeness (QED) is 0.780. The zero-order chi connectivity index (χ0) is 20.2. The van der Waals surface area contributed by atoms with Gasteiger partial charge in [0.15, 0.2) is 0 Å². The van der Waals surface area contributed by atoms with E-state index in [4.69, 9.17) is 4.74 Å². The summed E-state index contributed by atoms with van der Waals surface area (Å²) in [5, 5.41) is 7.14. The van der Waals surface area contributed by atoms with Crippen LogP contribution in [-0.2, 0) is 11.3 Å². The van der Waals surface area contributed by atoms with E-state index < -0.39 is 0 Å². The number of nitrogens with one attached hydrogen (secondary N) is 1. The van der Waals surface area contributed by atoms with Crippen LogP contribution >= 0.6 is 0 Å². The number of piperidine rings is 1. The number of benzene rings is 1. The van der Waals surface area contributed by atoms with E-state index in [1.54, 1.807) is 23.0 Å². The number of nitrogens with zero attached hydrogens (tertiary/aromatic N) is 3. The van der Waals surface area contributed by atoms with Gasteiger partial charge in [-0.2, -0.15) is 5.10 Å². The first kappa shape index (κ1) is 19.5. The maximum Gasteiger partial charge on any atom is 0.251 e. The molecule has 0 spiro atoms. The molecule has 2 heterocycles. The highest BCUT2D eigenvalue weighted by Crippen LogP contribution is 2.32. The van der Waals surface area contributed by atoms with E-state index in [0.717, 1.165) is 44.5 Å². The molecule has 154 valence electrons. The van der Waals surface area contributed by atoms with Crippen LogP contribution in [0.15, 0.2) is 42.7 Å². The molecule has 0 bridgehead atoms. The summed E-state index contributed by atoms with van der Waals surface area (Å²) >= 11 is 0. The predicted octanol–water partition coefficient (Wildman–Crippen LogP) is 2.48. The molecule has 29 heavy (non-hydrogen) atoms. The van der Waals surface area contributed by atoms with Gasteiger partial charge in [-0.25, -0.2) is 0 Å². The molecule has 1 aromatic heterocycles. The molecule has 1 saturated carbocycles. The van der Waals surface area contributed by atoms with Crippen LogP contribution < -0.4 is 10.1 Å². The third-order valence-electron chi connectivity index (χ3n) is 5.50. The Hall–Kier alpha value is -2.83. The molecule has 0 unspecified atom stereocenters. The van der Waals surface area contributed by atoms with Crippen LogP contribution in [0.4, 0.5) is 0 Å². The summed E-state index contributed by atoms with van der Waals surface area (Å²) in [5.74, 6) is 1.26. The molecule has 1 aliphatic carbocycles. The van der Waals surface area contributed by atoms with Gasteiger partial charge in [-0.1, -0.05) is 0 Å². The lowest BCUT2D eigenvalue weighted by Crippen LogP contribution is -2.42. The average molecular weight is 396 g/mol. The van der Waals surface area contributed by atoms with E-state index in [1.807, 2.05) is 36.2 Å². The molecule has 1 atom stereocenters. The fourth-order valence-electron chi connectivity index (χ4n) is 3.70. The first-order valence-corrected chi connectivity index (χ1v) is 10.4. The Balaban J connectivity index is 1.23. The Morgan fingerprint density at radius 1 is 1.17 bits per heavy atom. The molecule has 2 amide bonds. The molecular weight excluding hydrogens is 368 g/mol. The number of ether oxygens (including phenoxy) is 1. The van der Waals surface area contributed by atoms with E-state index in [9.17, 15) is 9.59 Å². The van der Waals surface area contributed by atoms with Crippen molar-refractivity contribution in [2.45, 2.75) is 51.3 Å². The summed E-state index contributed by atoms with van der Waals surface area (Å²) in [7, 11) is 0. The summed E-state index contributed by atoms with van der Waals surface area (Å²) in [6.45, 7) is 4.13. The van der Waals surface area contributed by atoms with Gasteiger partial charge in [-0.3, -0.25) is 14.3 Å². The van der Waals surface area contributed by atoms with Crippen molar-refractivity contribution in [3.8, 4) is 5.75 Å². The molecule has 2 aromatic rings. The van der Waals surface area contributed by atoms with Crippen molar-refractivity contribution in [1.82, 2.24) is 20.0 Å². The molecule has 2 fully saturated rings. The molecule has 7 heteroatoms. The van der Waals surface area contributed by atoms with Crippen molar-refractivity contribution in [1.29, 1.82) is 0 Å². The molecule has 1 N–H and O–H groups in total. The van der Waals surface area contributed by atoms with Crippen molar-refractivity contribution in [3.63, 3.8) is 0 Å². The number of likely N-dealkylation sites (tertiary alicyclic amines) is 1. The van der Waals surface area contributed by atoms with Crippen molar-refractivity contribution in [2.75, 3.05) is 13.1 Å². The highest BCUT2D eigenvalue weighted by Gasteiger charge is 2.35. The van der Waals surface area contributed by atoms with E-state index in [2.05, 4.69) is 10.4 Å². The lowest BCUT2D eigenvalue weighted by molar-refractivity contribution is -0.134.